The molecule has 0 bridgehead atoms. The topological polar surface area (TPSA) is 32.8 Å². The van der Waals surface area contributed by atoms with Gasteiger partial charge in [0.25, 0.3) is 5.91 Å². The second-order valence-corrected chi connectivity index (χ2v) is 6.33. The Morgan fingerprint density at radius 3 is 1.93 bits per heavy atom. The van der Waals surface area contributed by atoms with Crippen molar-refractivity contribution in [3.05, 3.63) is 65.0 Å². The molecule has 0 N–H and O–H groups in total. The van der Waals surface area contributed by atoms with Gasteiger partial charge in [-0.25, -0.2) is 13.2 Å². The van der Waals surface area contributed by atoms with Crippen molar-refractivity contribution in [2.24, 2.45) is 0 Å². The van der Waals surface area contributed by atoms with E-state index in [0.29, 0.717) is 26.2 Å². The first kappa shape index (κ1) is 20.1. The number of nitrogens with zero attached hydrogens (tertiary/aromatic N) is 2. The minimum atomic E-state index is -2.27. The number of amides is 1. The van der Waals surface area contributed by atoms with Gasteiger partial charge >= 0.3 is 0 Å². The molecule has 4 nitrogen and oxygen atoms in total. The van der Waals surface area contributed by atoms with Gasteiger partial charge in [0.15, 0.2) is 12.4 Å². The van der Waals surface area contributed by atoms with Gasteiger partial charge in [0.1, 0.15) is 0 Å². The molecule has 28 heavy (non-hydrogen) atoms. The smallest absolute Gasteiger partial charge is 0.260 e. The molecule has 1 aliphatic heterocycles. The third-order valence-electron chi connectivity index (χ3n) is 4.48. The molecule has 1 fully saturated rings. The number of carbonyl (C=O) groups is 1. The Kier molecular flexibility index (Phi) is 6.13. The van der Waals surface area contributed by atoms with E-state index in [0.717, 1.165) is 12.1 Å². The van der Waals surface area contributed by atoms with Crippen LogP contribution >= 0.6 is 0 Å². The Labute approximate surface area is 158 Å². The Balaban J connectivity index is 1.54. The molecule has 9 heteroatoms. The molecule has 3 rings (SSSR count). The first-order valence-corrected chi connectivity index (χ1v) is 8.56. The van der Waals surface area contributed by atoms with Crippen molar-refractivity contribution in [2.45, 2.75) is 6.54 Å². The van der Waals surface area contributed by atoms with Crippen LogP contribution in [-0.2, 0) is 11.3 Å². The Morgan fingerprint density at radius 1 is 0.821 bits per heavy atom. The van der Waals surface area contributed by atoms with Crippen LogP contribution in [0.2, 0.25) is 0 Å². The number of piperazine rings is 1. The van der Waals surface area contributed by atoms with Crippen LogP contribution in [0.25, 0.3) is 0 Å². The highest BCUT2D eigenvalue weighted by molar-refractivity contribution is 5.77. The molecule has 2 aromatic rings. The highest BCUT2D eigenvalue weighted by Gasteiger charge is 2.28. The molecule has 150 valence electrons. The van der Waals surface area contributed by atoms with E-state index in [1.807, 2.05) is 30.3 Å². The fourth-order valence-corrected chi connectivity index (χ4v) is 2.93. The van der Waals surface area contributed by atoms with Crippen molar-refractivity contribution in [2.75, 3.05) is 32.8 Å². The maximum atomic E-state index is 13.6. The molecule has 1 saturated heterocycles. The lowest BCUT2D eigenvalue weighted by atomic mass is 10.2. The third kappa shape index (κ3) is 4.24. The molecular formula is C19H17F5N2O2. The molecule has 0 atom stereocenters. The second-order valence-electron chi connectivity index (χ2n) is 6.33. The van der Waals surface area contributed by atoms with Crippen LogP contribution in [0.3, 0.4) is 0 Å². The maximum absolute atomic E-state index is 13.6. The van der Waals surface area contributed by atoms with Crippen molar-refractivity contribution in [3.63, 3.8) is 0 Å². The summed E-state index contributed by atoms with van der Waals surface area (Å²) >= 11 is 0. The minimum Gasteiger partial charge on any atom is -0.477 e. The molecule has 0 unspecified atom stereocenters. The van der Waals surface area contributed by atoms with Crippen molar-refractivity contribution in [1.29, 1.82) is 0 Å². The minimum absolute atomic E-state index is 0.367. The maximum Gasteiger partial charge on any atom is 0.260 e. The number of hydrogen-bond acceptors (Lipinski definition) is 3. The van der Waals surface area contributed by atoms with Crippen molar-refractivity contribution in [1.82, 2.24) is 9.80 Å². The summed E-state index contributed by atoms with van der Waals surface area (Å²) in [6.07, 6.45) is 0. The van der Waals surface area contributed by atoms with Gasteiger partial charge in [-0.3, -0.25) is 9.69 Å². The number of halogens is 5. The molecule has 2 aromatic carbocycles. The fraction of sp³-hybridized carbons (Fsp3) is 0.316. The van der Waals surface area contributed by atoms with Crippen molar-refractivity contribution in [3.8, 4) is 5.75 Å². The summed E-state index contributed by atoms with van der Waals surface area (Å²) in [4.78, 5) is 15.7. The zero-order chi connectivity index (χ0) is 20.3. The first-order valence-electron chi connectivity index (χ1n) is 8.56. The monoisotopic (exact) mass is 400 g/mol. The van der Waals surface area contributed by atoms with Gasteiger partial charge in [-0.2, -0.15) is 8.78 Å². The van der Waals surface area contributed by atoms with Crippen LogP contribution in [-0.4, -0.2) is 48.5 Å². The van der Waals surface area contributed by atoms with E-state index in [2.05, 4.69) is 9.64 Å². The quantitative estimate of drug-likeness (QED) is 0.439. The van der Waals surface area contributed by atoms with Gasteiger partial charge in [-0.05, 0) is 5.56 Å². The number of hydrogen-bond donors (Lipinski definition) is 0. The summed E-state index contributed by atoms with van der Waals surface area (Å²) in [6.45, 7) is 1.81. The predicted octanol–water partition coefficient (Wildman–Crippen LogP) is 3.11. The summed E-state index contributed by atoms with van der Waals surface area (Å²) in [5.74, 6) is -12.8. The summed E-state index contributed by atoms with van der Waals surface area (Å²) in [5.41, 5.74) is 1.14. The molecule has 1 heterocycles. The standard InChI is InChI=1S/C19H17F5N2O2/c20-14-15(21)17(23)19(18(24)16(14)22)28-11-13(27)26-8-6-25(7-9-26)10-12-4-2-1-3-5-12/h1-5H,6-11H2. The highest BCUT2D eigenvalue weighted by Crippen LogP contribution is 2.29. The zero-order valence-electron chi connectivity index (χ0n) is 14.7. The molecular weight excluding hydrogens is 383 g/mol. The summed E-state index contributed by atoms with van der Waals surface area (Å²) < 4.78 is 71.1. The fourth-order valence-electron chi connectivity index (χ4n) is 2.93. The van der Waals surface area contributed by atoms with Gasteiger partial charge < -0.3 is 9.64 Å². The van der Waals surface area contributed by atoms with E-state index in [1.165, 1.54) is 4.90 Å². The highest BCUT2D eigenvalue weighted by atomic mass is 19.2. The van der Waals surface area contributed by atoms with Crippen LogP contribution in [0.1, 0.15) is 5.56 Å². The van der Waals surface area contributed by atoms with Gasteiger partial charge in [-0.15, -0.1) is 0 Å². The average Bonchev–Trinajstić information content (AvgIpc) is 2.72. The Hall–Kier alpha value is -2.68. The van der Waals surface area contributed by atoms with Gasteiger partial charge in [0, 0.05) is 32.7 Å². The molecule has 0 saturated carbocycles. The Morgan fingerprint density at radius 2 is 1.36 bits per heavy atom. The molecule has 1 aliphatic rings. The number of benzene rings is 2. The zero-order valence-corrected chi connectivity index (χ0v) is 14.7. The van der Waals surface area contributed by atoms with E-state index in [9.17, 15) is 26.7 Å². The van der Waals surface area contributed by atoms with E-state index < -0.39 is 47.3 Å². The van der Waals surface area contributed by atoms with Crippen LogP contribution in [0.5, 0.6) is 5.75 Å². The number of rotatable bonds is 5. The molecule has 0 aliphatic carbocycles. The van der Waals surface area contributed by atoms with E-state index in [-0.39, 0.29) is 0 Å². The molecule has 0 radical (unpaired) electrons. The van der Waals surface area contributed by atoms with Crippen LogP contribution in [0.15, 0.2) is 30.3 Å². The van der Waals surface area contributed by atoms with E-state index in [4.69, 9.17) is 0 Å². The van der Waals surface area contributed by atoms with E-state index in [1.54, 1.807) is 0 Å². The van der Waals surface area contributed by atoms with Gasteiger partial charge in [0.2, 0.25) is 29.1 Å². The summed E-state index contributed by atoms with van der Waals surface area (Å²) in [5, 5.41) is 0. The van der Waals surface area contributed by atoms with Crippen LogP contribution in [0, 0.1) is 29.1 Å². The molecule has 0 aromatic heterocycles. The SMILES string of the molecule is O=C(COc1c(F)c(F)c(F)c(F)c1F)N1CCN(Cc2ccccc2)CC1. The van der Waals surface area contributed by atoms with Crippen molar-refractivity contribution < 1.29 is 31.5 Å². The van der Waals surface area contributed by atoms with Gasteiger partial charge in [-0.1, -0.05) is 30.3 Å². The van der Waals surface area contributed by atoms with Crippen LogP contribution in [0.4, 0.5) is 22.0 Å². The molecule has 0 spiro atoms. The number of ether oxygens (including phenoxy) is 1. The van der Waals surface area contributed by atoms with E-state index >= 15 is 0 Å². The largest absolute Gasteiger partial charge is 0.477 e. The third-order valence-corrected chi connectivity index (χ3v) is 4.48. The van der Waals surface area contributed by atoms with Crippen LogP contribution < -0.4 is 4.74 Å². The second kappa shape index (κ2) is 8.55. The summed E-state index contributed by atoms with van der Waals surface area (Å²) in [6, 6.07) is 9.78. The lowest BCUT2D eigenvalue weighted by molar-refractivity contribution is -0.135. The molecule has 1 amide bonds. The van der Waals surface area contributed by atoms with Crippen molar-refractivity contribution >= 4 is 5.91 Å². The summed E-state index contributed by atoms with van der Waals surface area (Å²) in [7, 11) is 0. The average molecular weight is 400 g/mol. The lowest BCUT2D eigenvalue weighted by Crippen LogP contribution is -2.49. The normalized spacial score (nSPS) is 15.0. The lowest BCUT2D eigenvalue weighted by Gasteiger charge is -2.34. The van der Waals surface area contributed by atoms with Gasteiger partial charge in [0.05, 0.1) is 0 Å². The first-order chi connectivity index (χ1) is 13.4. The number of carbonyl (C=O) groups excluding carboxylic acids is 1. The predicted molar refractivity (Wildman–Crippen MR) is 90.0 cm³/mol. The Bertz CT molecular complexity index is 826.